The molecule has 0 amide bonds. The number of benzene rings is 1. The van der Waals surface area contributed by atoms with Crippen LogP contribution in [-0.4, -0.2) is 49.8 Å². The molecule has 0 aliphatic rings. The van der Waals surface area contributed by atoms with E-state index < -0.39 is 10.0 Å². The summed E-state index contributed by atoms with van der Waals surface area (Å²) in [5.74, 6) is 0. The lowest BCUT2D eigenvalue weighted by Gasteiger charge is -2.22. The highest BCUT2D eigenvalue weighted by molar-refractivity contribution is 7.92. The minimum absolute atomic E-state index is 0.309. The summed E-state index contributed by atoms with van der Waals surface area (Å²) < 4.78 is 26.9. The van der Waals surface area contributed by atoms with E-state index in [9.17, 15) is 8.42 Å². The number of aromatic nitrogens is 1. The Kier molecular flexibility index (Phi) is 6.66. The second-order valence-corrected chi connectivity index (χ2v) is 7.57. The Bertz CT molecular complexity index is 744. The van der Waals surface area contributed by atoms with Crippen LogP contribution in [0.25, 0.3) is 6.08 Å². The Hall–Kier alpha value is -2.02. The second-order valence-electron chi connectivity index (χ2n) is 5.76. The van der Waals surface area contributed by atoms with Crippen molar-refractivity contribution >= 4 is 16.1 Å². The molecule has 1 aromatic heterocycles. The van der Waals surface area contributed by atoms with Crippen molar-refractivity contribution in [2.45, 2.75) is 6.54 Å². The number of hydrogen-bond acceptors (Lipinski definition) is 4. The zero-order valence-electron chi connectivity index (χ0n) is 14.0. The molecule has 2 aromatic rings. The van der Waals surface area contributed by atoms with Crippen molar-refractivity contribution in [1.29, 1.82) is 0 Å². The molecular formula is C18H23N3O2S. The summed E-state index contributed by atoms with van der Waals surface area (Å²) in [6, 6.07) is 13.1. The van der Waals surface area contributed by atoms with Gasteiger partial charge in [-0.15, -0.1) is 0 Å². The van der Waals surface area contributed by atoms with Crippen LogP contribution in [0.2, 0.25) is 0 Å². The van der Waals surface area contributed by atoms with Crippen molar-refractivity contribution in [3.05, 3.63) is 71.4 Å². The van der Waals surface area contributed by atoms with Crippen molar-refractivity contribution in [1.82, 2.24) is 14.2 Å². The molecule has 0 saturated carbocycles. The maximum atomic E-state index is 12.7. The fraction of sp³-hybridized carbons (Fsp3) is 0.278. The van der Waals surface area contributed by atoms with Gasteiger partial charge in [0.1, 0.15) is 0 Å². The standard InChI is InChI=1S/C18H23N3O2S/c1-20(2)12-13-21(16-18-9-6-11-19-15-18)24(22,23)14-10-17-7-4-3-5-8-17/h3-11,14-15H,12-13,16H2,1-2H3/b14-10+. The normalized spacial score (nSPS) is 12.3. The molecule has 128 valence electrons. The lowest BCUT2D eigenvalue weighted by atomic mass is 10.2. The van der Waals surface area contributed by atoms with Crippen LogP contribution in [0.4, 0.5) is 0 Å². The van der Waals surface area contributed by atoms with E-state index >= 15 is 0 Å². The van der Waals surface area contributed by atoms with Gasteiger partial charge < -0.3 is 4.90 Å². The monoisotopic (exact) mass is 345 g/mol. The smallest absolute Gasteiger partial charge is 0.236 e. The van der Waals surface area contributed by atoms with E-state index in [-0.39, 0.29) is 0 Å². The molecule has 24 heavy (non-hydrogen) atoms. The van der Waals surface area contributed by atoms with E-state index in [0.717, 1.165) is 11.1 Å². The summed E-state index contributed by atoms with van der Waals surface area (Å²) in [6.45, 7) is 1.38. The Morgan fingerprint density at radius 1 is 1.04 bits per heavy atom. The summed E-state index contributed by atoms with van der Waals surface area (Å²) in [5.41, 5.74) is 1.72. The number of sulfonamides is 1. The summed E-state index contributed by atoms with van der Waals surface area (Å²) in [5, 5.41) is 1.27. The molecule has 1 aromatic carbocycles. The number of likely N-dealkylation sites (N-methyl/N-ethyl adjacent to an activating group) is 1. The summed E-state index contributed by atoms with van der Waals surface area (Å²) in [4.78, 5) is 6.02. The summed E-state index contributed by atoms with van der Waals surface area (Å²) >= 11 is 0. The number of pyridine rings is 1. The molecule has 0 atom stereocenters. The lowest BCUT2D eigenvalue weighted by molar-refractivity contribution is 0.331. The SMILES string of the molecule is CN(C)CCN(Cc1cccnc1)S(=O)(=O)/C=C/c1ccccc1. The van der Waals surface area contributed by atoms with Gasteiger partial charge in [-0.05, 0) is 37.4 Å². The van der Waals surface area contributed by atoms with Gasteiger partial charge in [0.15, 0.2) is 0 Å². The highest BCUT2D eigenvalue weighted by Gasteiger charge is 2.19. The first kappa shape index (κ1) is 18.3. The average Bonchev–Trinajstić information content (AvgIpc) is 2.58. The predicted octanol–water partition coefficient (Wildman–Crippen LogP) is 2.45. The molecular weight excluding hydrogens is 322 g/mol. The van der Waals surface area contributed by atoms with Crippen LogP contribution in [0.1, 0.15) is 11.1 Å². The minimum Gasteiger partial charge on any atom is -0.308 e. The van der Waals surface area contributed by atoms with E-state index in [0.29, 0.717) is 19.6 Å². The van der Waals surface area contributed by atoms with Gasteiger partial charge in [-0.2, -0.15) is 4.31 Å². The molecule has 0 bridgehead atoms. The molecule has 0 saturated heterocycles. The number of nitrogens with zero attached hydrogens (tertiary/aromatic N) is 3. The van der Waals surface area contributed by atoms with E-state index in [2.05, 4.69) is 4.98 Å². The molecule has 5 nitrogen and oxygen atoms in total. The van der Waals surface area contributed by atoms with Crippen molar-refractivity contribution in [3.8, 4) is 0 Å². The van der Waals surface area contributed by atoms with E-state index in [1.807, 2.05) is 61.5 Å². The van der Waals surface area contributed by atoms with Gasteiger partial charge in [-0.1, -0.05) is 36.4 Å². The van der Waals surface area contributed by atoms with Crippen molar-refractivity contribution < 1.29 is 8.42 Å². The Balaban J connectivity index is 2.18. The van der Waals surface area contributed by atoms with E-state index in [4.69, 9.17) is 0 Å². The Morgan fingerprint density at radius 2 is 1.79 bits per heavy atom. The molecule has 6 heteroatoms. The van der Waals surface area contributed by atoms with E-state index in [1.54, 1.807) is 18.5 Å². The molecule has 0 N–H and O–H groups in total. The predicted molar refractivity (Wildman–Crippen MR) is 97.6 cm³/mol. The topological polar surface area (TPSA) is 53.5 Å². The van der Waals surface area contributed by atoms with Gasteiger partial charge in [0.2, 0.25) is 10.0 Å². The van der Waals surface area contributed by atoms with Crippen LogP contribution in [0.5, 0.6) is 0 Å². The third kappa shape index (κ3) is 5.88. The molecule has 0 fully saturated rings. The Labute approximate surface area is 144 Å². The van der Waals surface area contributed by atoms with Gasteiger partial charge in [-0.3, -0.25) is 4.98 Å². The van der Waals surface area contributed by atoms with Gasteiger partial charge in [0.05, 0.1) is 0 Å². The first-order valence-corrected chi connectivity index (χ1v) is 9.24. The van der Waals surface area contributed by atoms with Gasteiger partial charge >= 0.3 is 0 Å². The van der Waals surface area contributed by atoms with Crippen molar-refractivity contribution in [2.24, 2.45) is 0 Å². The average molecular weight is 345 g/mol. The van der Waals surface area contributed by atoms with E-state index in [1.165, 1.54) is 9.71 Å². The third-order valence-corrected chi connectivity index (χ3v) is 4.98. The highest BCUT2D eigenvalue weighted by atomic mass is 32.2. The molecule has 0 aliphatic heterocycles. The molecule has 0 spiro atoms. The second kappa shape index (κ2) is 8.73. The fourth-order valence-corrected chi connectivity index (χ4v) is 3.28. The van der Waals surface area contributed by atoms with Crippen molar-refractivity contribution in [3.63, 3.8) is 0 Å². The number of rotatable bonds is 8. The van der Waals surface area contributed by atoms with Crippen LogP contribution in [0.15, 0.2) is 60.3 Å². The van der Waals surface area contributed by atoms with Crippen molar-refractivity contribution in [2.75, 3.05) is 27.2 Å². The first-order valence-electron chi connectivity index (χ1n) is 7.74. The lowest BCUT2D eigenvalue weighted by Crippen LogP contribution is -2.35. The Morgan fingerprint density at radius 3 is 2.42 bits per heavy atom. The molecule has 0 aliphatic carbocycles. The largest absolute Gasteiger partial charge is 0.308 e. The number of hydrogen-bond donors (Lipinski definition) is 0. The molecule has 0 unspecified atom stereocenters. The van der Waals surface area contributed by atoms with Crippen LogP contribution in [-0.2, 0) is 16.6 Å². The van der Waals surface area contributed by atoms with Gasteiger partial charge in [0.25, 0.3) is 0 Å². The maximum Gasteiger partial charge on any atom is 0.236 e. The highest BCUT2D eigenvalue weighted by Crippen LogP contribution is 2.12. The van der Waals surface area contributed by atoms with Crippen LogP contribution in [0.3, 0.4) is 0 Å². The summed E-state index contributed by atoms with van der Waals surface area (Å²) in [7, 11) is 0.334. The third-order valence-electron chi connectivity index (χ3n) is 3.47. The fourth-order valence-electron chi connectivity index (χ4n) is 2.12. The molecule has 1 heterocycles. The van der Waals surface area contributed by atoms with Crippen LogP contribution in [0, 0.1) is 0 Å². The first-order chi connectivity index (χ1) is 11.5. The maximum absolute atomic E-state index is 12.7. The zero-order valence-corrected chi connectivity index (χ0v) is 14.9. The van der Waals surface area contributed by atoms with Gasteiger partial charge in [0, 0.05) is 37.4 Å². The van der Waals surface area contributed by atoms with Crippen LogP contribution < -0.4 is 0 Å². The zero-order chi connectivity index (χ0) is 17.4. The van der Waals surface area contributed by atoms with Gasteiger partial charge in [-0.25, -0.2) is 8.42 Å². The summed E-state index contributed by atoms with van der Waals surface area (Å²) in [6.07, 6.45) is 5.00. The quantitative estimate of drug-likeness (QED) is 0.737. The van der Waals surface area contributed by atoms with Crippen LogP contribution >= 0.6 is 0 Å². The minimum atomic E-state index is -3.52. The molecule has 2 rings (SSSR count). The molecule has 0 radical (unpaired) electrons.